The molecule has 0 aliphatic heterocycles. The van der Waals surface area contributed by atoms with Crippen molar-refractivity contribution in [3.63, 3.8) is 0 Å². The van der Waals surface area contributed by atoms with Crippen molar-refractivity contribution in [2.24, 2.45) is 5.92 Å². The van der Waals surface area contributed by atoms with Crippen LogP contribution in [0.25, 0.3) is 0 Å². The van der Waals surface area contributed by atoms with E-state index < -0.39 is 6.37 Å². The summed E-state index contributed by atoms with van der Waals surface area (Å²) in [5.41, 5.74) is 0. The van der Waals surface area contributed by atoms with Gasteiger partial charge in [0, 0.05) is 0 Å². The minimum atomic E-state index is -0.820. The molecule has 0 nitrogen and oxygen atoms in total. The first-order chi connectivity index (χ1) is 4.64. The monoisotopic (exact) mass is 301 g/mol. The van der Waals surface area contributed by atoms with Crippen LogP contribution in [0.2, 0.25) is 3.93 Å². The molecule has 0 bridgehead atoms. The summed E-state index contributed by atoms with van der Waals surface area (Å²) in [5, 5.41) is 0. The van der Waals surface area contributed by atoms with Crippen LogP contribution in [0.4, 0.5) is 0 Å². The van der Waals surface area contributed by atoms with Crippen molar-refractivity contribution in [1.29, 1.82) is 0 Å². The van der Waals surface area contributed by atoms with Gasteiger partial charge in [0.2, 0.25) is 0 Å². The zero-order chi connectivity index (χ0) is 7.61. The Labute approximate surface area is 70.8 Å². The molecule has 1 aliphatic carbocycles. The van der Waals surface area contributed by atoms with Gasteiger partial charge >= 0.3 is 70.8 Å². The summed E-state index contributed by atoms with van der Waals surface area (Å²) in [6.45, 7) is 0. The van der Waals surface area contributed by atoms with Crippen molar-refractivity contribution in [2.75, 3.05) is 0 Å². The first kappa shape index (κ1) is 4.70. The zero-order valence-electron chi connectivity index (χ0n) is 7.32. The van der Waals surface area contributed by atoms with E-state index in [2.05, 4.69) is 0 Å². The normalized spacial score (nSPS) is 33.8. The molecule has 0 aromatic heterocycles. The van der Waals surface area contributed by atoms with Crippen LogP contribution in [-0.2, 0) is 26.1 Å². The third-order valence-corrected chi connectivity index (χ3v) is 5.04. The van der Waals surface area contributed by atoms with Gasteiger partial charge in [0.05, 0.1) is 0 Å². The molecule has 1 rings (SSSR count). The average Bonchev–Trinajstić information content (AvgIpc) is 1.88. The van der Waals surface area contributed by atoms with Gasteiger partial charge in [0.1, 0.15) is 0 Å². The molecule has 43 valence electrons. The molecule has 0 radical (unpaired) electrons. The molecule has 0 spiro atoms. The Balaban J connectivity index is 2.31. The zero-order valence-corrected chi connectivity index (χ0v) is 10.8. The van der Waals surface area contributed by atoms with E-state index in [9.17, 15) is 0 Å². The Hall–Kier alpha value is 0.935. The average molecular weight is 300 g/mol. The standard InChI is InChI=1S/C7H13.Hg/c1-7-5-3-2-4-6-7;/h7H,1-6H2;/i2D2;. The Kier molecular flexibility index (Phi) is 2.27. The second kappa shape index (κ2) is 3.87. The second-order valence-corrected chi connectivity index (χ2v) is 4.73. The molecular formula is C7H13Hg. The molecule has 8 heavy (non-hydrogen) atoms. The van der Waals surface area contributed by atoms with E-state index in [1.54, 1.807) is 0 Å². The summed E-state index contributed by atoms with van der Waals surface area (Å²) in [6.07, 6.45) is 3.11. The van der Waals surface area contributed by atoms with Gasteiger partial charge in [0.15, 0.2) is 0 Å². The quantitative estimate of drug-likeness (QED) is 0.653. The molecule has 0 unspecified atom stereocenters. The van der Waals surface area contributed by atoms with Crippen molar-refractivity contribution < 1.29 is 28.9 Å². The fraction of sp³-hybridized carbons (Fsp3) is 1.00. The van der Waals surface area contributed by atoms with E-state index in [0.29, 0.717) is 0 Å². The molecule has 0 heterocycles. The Morgan fingerprint density at radius 2 is 2.12 bits per heavy atom. The number of rotatable bonds is 1. The van der Waals surface area contributed by atoms with Gasteiger partial charge in [-0.3, -0.25) is 0 Å². The van der Waals surface area contributed by atoms with Crippen molar-refractivity contribution in [1.82, 2.24) is 0 Å². The Bertz CT molecular complexity index is 104. The van der Waals surface area contributed by atoms with Crippen molar-refractivity contribution >= 4 is 0 Å². The van der Waals surface area contributed by atoms with Crippen LogP contribution in [0.1, 0.15) is 34.8 Å². The van der Waals surface area contributed by atoms with Crippen LogP contribution in [0.5, 0.6) is 0 Å². The first-order valence-corrected chi connectivity index (χ1v) is 7.32. The first-order valence-electron chi connectivity index (χ1n) is 4.43. The van der Waals surface area contributed by atoms with Crippen LogP contribution in [0.15, 0.2) is 0 Å². The van der Waals surface area contributed by atoms with E-state index in [1.165, 1.54) is 3.93 Å². The molecule has 1 heteroatoms. The van der Waals surface area contributed by atoms with Crippen LogP contribution < -0.4 is 0 Å². The van der Waals surface area contributed by atoms with Gasteiger partial charge in [-0.05, 0) is 0 Å². The van der Waals surface area contributed by atoms with Crippen LogP contribution >= 0.6 is 0 Å². The molecule has 0 aromatic rings. The summed E-state index contributed by atoms with van der Waals surface area (Å²) >= 11 is 0.929. The third kappa shape index (κ3) is 2.04. The van der Waals surface area contributed by atoms with E-state index >= 15 is 0 Å². The van der Waals surface area contributed by atoms with Gasteiger partial charge in [0.25, 0.3) is 0 Å². The van der Waals surface area contributed by atoms with E-state index in [0.717, 1.165) is 57.7 Å². The summed E-state index contributed by atoms with van der Waals surface area (Å²) in [7, 11) is 0. The molecule has 0 N–H and O–H groups in total. The Morgan fingerprint density at radius 1 is 1.50 bits per heavy atom. The number of hydrogen-bond donors (Lipinski definition) is 0. The molecule has 0 atom stereocenters. The summed E-state index contributed by atoms with van der Waals surface area (Å²) < 4.78 is 16.4. The van der Waals surface area contributed by atoms with Crippen molar-refractivity contribution in [3.05, 3.63) is 0 Å². The predicted octanol–water partition coefficient (Wildman–Crippen LogP) is 2.53. The van der Waals surface area contributed by atoms with Gasteiger partial charge in [-0.1, -0.05) is 0 Å². The van der Waals surface area contributed by atoms with Gasteiger partial charge in [-0.25, -0.2) is 0 Å². The van der Waals surface area contributed by atoms with Crippen LogP contribution in [0, 0.1) is 5.92 Å². The summed E-state index contributed by atoms with van der Waals surface area (Å²) in [5.74, 6) is 0.896. The molecule has 0 amide bonds. The molecule has 0 aromatic carbocycles. The van der Waals surface area contributed by atoms with Crippen LogP contribution in [-0.4, -0.2) is 0 Å². The second-order valence-electron chi connectivity index (χ2n) is 2.48. The third-order valence-electron chi connectivity index (χ3n) is 1.87. The maximum atomic E-state index is 7.47. The van der Waals surface area contributed by atoms with Crippen molar-refractivity contribution in [2.45, 2.75) is 36.0 Å². The van der Waals surface area contributed by atoms with E-state index in [-0.39, 0.29) is 0 Å². The Morgan fingerprint density at radius 3 is 2.62 bits per heavy atom. The minimum absolute atomic E-state index is 0.814. The fourth-order valence-corrected chi connectivity index (χ4v) is 3.41. The SMILES string of the molecule is [2H]C1([2H])CCC([CH2][Hg])CC1. The van der Waals surface area contributed by atoms with E-state index in [1.807, 2.05) is 0 Å². The number of hydrogen-bond acceptors (Lipinski definition) is 0. The fourth-order valence-electron chi connectivity index (χ4n) is 1.17. The van der Waals surface area contributed by atoms with Gasteiger partial charge in [-0.2, -0.15) is 0 Å². The predicted molar refractivity (Wildman–Crippen MR) is 31.4 cm³/mol. The summed E-state index contributed by atoms with van der Waals surface area (Å²) in [6, 6.07) is 0. The molecule has 1 aliphatic rings. The summed E-state index contributed by atoms with van der Waals surface area (Å²) in [4.78, 5) is 0. The van der Waals surface area contributed by atoms with E-state index in [4.69, 9.17) is 2.74 Å². The molecule has 1 saturated carbocycles. The molecule has 0 saturated heterocycles. The molecule has 1 fully saturated rings. The molecular weight excluding hydrogens is 285 g/mol. The van der Waals surface area contributed by atoms with Gasteiger partial charge < -0.3 is 0 Å². The van der Waals surface area contributed by atoms with Crippen LogP contribution in [0.3, 0.4) is 0 Å². The van der Waals surface area contributed by atoms with Crippen molar-refractivity contribution in [3.8, 4) is 0 Å². The topological polar surface area (TPSA) is 0 Å². The maximum absolute atomic E-state index is 7.47. The van der Waals surface area contributed by atoms with Gasteiger partial charge in [-0.15, -0.1) is 0 Å².